The Labute approximate surface area is 145 Å². The first-order chi connectivity index (χ1) is 10.5. The van der Waals surface area contributed by atoms with Crippen LogP contribution in [-0.4, -0.2) is 10.2 Å². The summed E-state index contributed by atoms with van der Waals surface area (Å²) in [5, 5.41) is 3.57. The van der Waals surface area contributed by atoms with Gasteiger partial charge in [-0.1, -0.05) is 23.7 Å². The molecule has 0 heterocycles. The fourth-order valence-electron chi connectivity index (χ4n) is 4.39. The third-order valence-corrected chi connectivity index (χ3v) is 7.20. The summed E-state index contributed by atoms with van der Waals surface area (Å²) in [6.07, 6.45) is 4.23. The highest BCUT2D eigenvalue weighted by Crippen LogP contribution is 2.67. The number of rotatable bonds is 2. The molecule has 3 saturated carbocycles. The smallest absolute Gasteiger partial charge is 0.228 e. The van der Waals surface area contributed by atoms with Gasteiger partial charge in [0.25, 0.3) is 0 Å². The van der Waals surface area contributed by atoms with Crippen molar-refractivity contribution >= 4 is 46.4 Å². The Morgan fingerprint density at radius 2 is 1.64 bits per heavy atom. The minimum absolute atomic E-state index is 0.113. The second kappa shape index (κ2) is 5.29. The summed E-state index contributed by atoms with van der Waals surface area (Å²) in [5.41, 5.74) is 0.705. The van der Waals surface area contributed by atoms with E-state index < -0.39 is 4.33 Å². The summed E-state index contributed by atoms with van der Waals surface area (Å²) in [6, 6.07) is 7.38. The predicted molar refractivity (Wildman–Crippen MR) is 90.4 cm³/mol. The molecule has 0 bridgehead atoms. The monoisotopic (exact) mass is 357 g/mol. The Hall–Kier alpha value is -0.440. The summed E-state index contributed by atoms with van der Waals surface area (Å²) in [5.74, 6) is 2.10. The molecule has 1 aromatic carbocycles. The molecule has 118 valence electrons. The number of alkyl halides is 2. The Morgan fingerprint density at radius 1 is 1.05 bits per heavy atom. The number of anilines is 1. The molecule has 5 heteroatoms. The predicted octanol–water partition coefficient (Wildman–Crippen LogP) is 5.13. The molecule has 3 aliphatic rings. The van der Waals surface area contributed by atoms with E-state index in [4.69, 9.17) is 34.8 Å². The normalized spacial score (nSPS) is 38.0. The van der Waals surface area contributed by atoms with Crippen LogP contribution in [0.15, 0.2) is 24.3 Å². The number of carbonyl (C=O) groups excluding carboxylic acids is 1. The van der Waals surface area contributed by atoms with E-state index in [1.54, 1.807) is 6.07 Å². The van der Waals surface area contributed by atoms with Gasteiger partial charge in [-0.05, 0) is 61.5 Å². The zero-order valence-corrected chi connectivity index (χ0v) is 14.3. The number of halogens is 3. The first kappa shape index (κ1) is 15.1. The third kappa shape index (κ3) is 2.44. The van der Waals surface area contributed by atoms with Crippen LogP contribution in [0.25, 0.3) is 0 Å². The minimum Gasteiger partial charge on any atom is -0.325 e. The number of fused-ring (bicyclic) bond motifs is 2. The topological polar surface area (TPSA) is 29.1 Å². The van der Waals surface area contributed by atoms with Gasteiger partial charge in [0.1, 0.15) is 4.33 Å². The van der Waals surface area contributed by atoms with E-state index >= 15 is 0 Å². The van der Waals surface area contributed by atoms with Gasteiger partial charge < -0.3 is 5.32 Å². The highest BCUT2D eigenvalue weighted by molar-refractivity contribution is 6.51. The number of carbonyl (C=O) groups is 1. The summed E-state index contributed by atoms with van der Waals surface area (Å²) in [6.45, 7) is 0. The van der Waals surface area contributed by atoms with Crippen molar-refractivity contribution in [2.24, 2.45) is 29.6 Å². The number of amides is 1. The van der Waals surface area contributed by atoms with Gasteiger partial charge in [0.2, 0.25) is 5.91 Å². The van der Waals surface area contributed by atoms with Crippen LogP contribution < -0.4 is 5.32 Å². The summed E-state index contributed by atoms with van der Waals surface area (Å²) < 4.78 is -0.494. The number of benzene rings is 1. The molecule has 1 N–H and O–H groups in total. The van der Waals surface area contributed by atoms with E-state index in [0.717, 1.165) is 25.7 Å². The van der Waals surface area contributed by atoms with Gasteiger partial charge in [0, 0.05) is 5.92 Å². The zero-order valence-electron chi connectivity index (χ0n) is 12.1. The molecule has 0 saturated heterocycles. The molecule has 0 radical (unpaired) electrons. The van der Waals surface area contributed by atoms with E-state index in [1.165, 1.54) is 0 Å². The average molecular weight is 359 g/mol. The van der Waals surface area contributed by atoms with E-state index in [0.29, 0.717) is 34.4 Å². The summed E-state index contributed by atoms with van der Waals surface area (Å²) in [7, 11) is 0. The molecule has 3 aliphatic carbocycles. The van der Waals surface area contributed by atoms with Crippen LogP contribution in [-0.2, 0) is 4.79 Å². The van der Waals surface area contributed by atoms with Gasteiger partial charge in [-0.2, -0.15) is 0 Å². The molecule has 0 aromatic heterocycles. The lowest BCUT2D eigenvalue weighted by atomic mass is 10.0. The van der Waals surface area contributed by atoms with Crippen LogP contribution in [0.5, 0.6) is 0 Å². The molecule has 5 atom stereocenters. The number of para-hydroxylation sites is 1. The molecule has 3 fully saturated rings. The molecule has 1 unspecified atom stereocenters. The molecule has 2 nitrogen and oxygen atoms in total. The van der Waals surface area contributed by atoms with Crippen molar-refractivity contribution in [3.8, 4) is 0 Å². The van der Waals surface area contributed by atoms with E-state index in [-0.39, 0.29) is 11.8 Å². The Kier molecular flexibility index (Phi) is 3.63. The van der Waals surface area contributed by atoms with E-state index in [1.807, 2.05) is 18.2 Å². The quantitative estimate of drug-likeness (QED) is 0.729. The molecule has 4 rings (SSSR count). The highest BCUT2D eigenvalue weighted by Gasteiger charge is 2.65. The van der Waals surface area contributed by atoms with Gasteiger partial charge in [-0.15, -0.1) is 23.2 Å². The van der Waals surface area contributed by atoms with Crippen molar-refractivity contribution < 1.29 is 4.79 Å². The maximum absolute atomic E-state index is 12.5. The molecular weight excluding hydrogens is 341 g/mol. The molecule has 0 aliphatic heterocycles. The maximum atomic E-state index is 12.5. The number of nitrogens with one attached hydrogen (secondary N) is 1. The van der Waals surface area contributed by atoms with Crippen LogP contribution in [0.3, 0.4) is 0 Å². The molecule has 22 heavy (non-hydrogen) atoms. The Balaban J connectivity index is 1.40. The van der Waals surface area contributed by atoms with Crippen LogP contribution in [0.4, 0.5) is 5.69 Å². The molecular formula is C17H18Cl3NO. The Morgan fingerprint density at radius 3 is 2.23 bits per heavy atom. The van der Waals surface area contributed by atoms with Crippen molar-refractivity contribution in [2.45, 2.75) is 30.0 Å². The van der Waals surface area contributed by atoms with Crippen LogP contribution in [0, 0.1) is 29.6 Å². The standard InChI is InChI=1S/C17H18Cl3NO/c18-13-3-1-2-4-14(13)21-16(22)15-9-5-7-11-12(17(11,19)20)8-6-10(9)15/h1-4,9-12,15H,5-8H2,(H,21,22)/t9-,10-,11-,12+,15?/m1/s1. The summed E-state index contributed by atoms with van der Waals surface area (Å²) in [4.78, 5) is 12.5. The van der Waals surface area contributed by atoms with Crippen molar-refractivity contribution in [1.82, 2.24) is 0 Å². The maximum Gasteiger partial charge on any atom is 0.228 e. The molecule has 1 amide bonds. The molecule has 0 spiro atoms. The van der Waals surface area contributed by atoms with Gasteiger partial charge in [0.15, 0.2) is 0 Å². The SMILES string of the molecule is O=C(Nc1ccccc1Cl)C1[C@@H]2CC[C@@H]3[C@H](CC[C@@H]12)C3(Cl)Cl. The van der Waals surface area contributed by atoms with Gasteiger partial charge in [-0.25, -0.2) is 0 Å². The van der Waals surface area contributed by atoms with Gasteiger partial charge in [-0.3, -0.25) is 4.79 Å². The second-order valence-electron chi connectivity index (χ2n) is 6.86. The van der Waals surface area contributed by atoms with Crippen molar-refractivity contribution in [2.75, 3.05) is 5.32 Å². The van der Waals surface area contributed by atoms with Crippen molar-refractivity contribution in [3.63, 3.8) is 0 Å². The van der Waals surface area contributed by atoms with Crippen LogP contribution >= 0.6 is 34.8 Å². The fourth-order valence-corrected chi connectivity index (χ4v) is 5.49. The fraction of sp³-hybridized carbons (Fsp3) is 0.588. The third-order valence-electron chi connectivity index (χ3n) is 5.75. The highest BCUT2D eigenvalue weighted by atomic mass is 35.5. The van der Waals surface area contributed by atoms with Crippen LogP contribution in [0.2, 0.25) is 5.02 Å². The van der Waals surface area contributed by atoms with E-state index in [9.17, 15) is 4.79 Å². The lowest BCUT2D eigenvalue weighted by Crippen LogP contribution is -2.16. The lowest BCUT2D eigenvalue weighted by Gasteiger charge is -2.07. The lowest BCUT2D eigenvalue weighted by molar-refractivity contribution is -0.117. The minimum atomic E-state index is -0.494. The van der Waals surface area contributed by atoms with Crippen LogP contribution in [0.1, 0.15) is 25.7 Å². The van der Waals surface area contributed by atoms with Crippen molar-refractivity contribution in [3.05, 3.63) is 29.3 Å². The largest absolute Gasteiger partial charge is 0.325 e. The van der Waals surface area contributed by atoms with Gasteiger partial charge >= 0.3 is 0 Å². The Bertz CT molecular complexity index is 596. The van der Waals surface area contributed by atoms with Crippen molar-refractivity contribution in [1.29, 1.82) is 0 Å². The molecule has 1 aromatic rings. The first-order valence-corrected chi connectivity index (χ1v) is 9.06. The van der Waals surface area contributed by atoms with E-state index in [2.05, 4.69) is 5.32 Å². The van der Waals surface area contributed by atoms with Gasteiger partial charge in [0.05, 0.1) is 10.7 Å². The number of hydrogen-bond acceptors (Lipinski definition) is 1. The second-order valence-corrected chi connectivity index (χ2v) is 8.72. The zero-order chi connectivity index (χ0) is 15.5. The summed E-state index contributed by atoms with van der Waals surface area (Å²) >= 11 is 18.7. The number of hydrogen-bond donors (Lipinski definition) is 1. The first-order valence-electron chi connectivity index (χ1n) is 7.93. The average Bonchev–Trinajstić information content (AvgIpc) is 3.26.